The molecule has 0 radical (unpaired) electrons. The highest BCUT2D eigenvalue weighted by Gasteiger charge is 2.17. The van der Waals surface area contributed by atoms with Crippen molar-refractivity contribution in [2.75, 3.05) is 12.4 Å². The highest BCUT2D eigenvalue weighted by atomic mass is 32.1. The van der Waals surface area contributed by atoms with E-state index in [1.165, 1.54) is 12.7 Å². The highest BCUT2D eigenvalue weighted by molar-refractivity contribution is 7.80. The number of hydrogen-bond acceptors (Lipinski definition) is 3. The maximum Gasteiger partial charge on any atom is 0.337 e. The number of thiocarbonyl (C=S) groups is 1. The first-order valence-electron chi connectivity index (χ1n) is 9.36. The number of carbonyl (C=O) groups excluding carboxylic acids is 1. The molecule has 0 bridgehead atoms. The molecule has 0 fully saturated rings. The standard InChI is InChI=1S/C24H24N2O2S/c1-16-9-7-8-12-20(16)22(18-10-5-4-6-11-18)26-24(29)25-21-15-19(23(27)28-3)14-13-17(21)2/h4-15,22H,1-3H3,(H2,25,26,29)/t22-/m0/s1. The molecule has 2 N–H and O–H groups in total. The van der Waals surface area contributed by atoms with Crippen molar-refractivity contribution in [3.05, 3.63) is 101 Å². The molecule has 1 atom stereocenters. The van der Waals surface area contributed by atoms with Gasteiger partial charge in [-0.2, -0.15) is 0 Å². The number of hydrogen-bond donors (Lipinski definition) is 2. The lowest BCUT2D eigenvalue weighted by Crippen LogP contribution is -2.33. The Morgan fingerprint density at radius 1 is 0.931 bits per heavy atom. The summed E-state index contributed by atoms with van der Waals surface area (Å²) in [6.45, 7) is 4.05. The average molecular weight is 405 g/mol. The summed E-state index contributed by atoms with van der Waals surface area (Å²) in [7, 11) is 1.37. The molecular formula is C24H24N2O2S. The van der Waals surface area contributed by atoms with Gasteiger partial charge in [-0.25, -0.2) is 4.79 Å². The SMILES string of the molecule is COC(=O)c1ccc(C)c(NC(=S)N[C@@H](c2ccccc2)c2ccccc2C)c1. The van der Waals surface area contributed by atoms with Crippen LogP contribution in [-0.4, -0.2) is 18.2 Å². The van der Waals surface area contributed by atoms with E-state index in [0.29, 0.717) is 10.7 Å². The Morgan fingerprint density at radius 3 is 2.31 bits per heavy atom. The van der Waals surface area contributed by atoms with Crippen LogP contribution < -0.4 is 10.6 Å². The zero-order valence-corrected chi connectivity index (χ0v) is 17.5. The number of ether oxygens (including phenoxy) is 1. The molecule has 5 heteroatoms. The van der Waals surface area contributed by atoms with Gasteiger partial charge in [0.15, 0.2) is 5.11 Å². The largest absolute Gasteiger partial charge is 0.465 e. The van der Waals surface area contributed by atoms with E-state index in [9.17, 15) is 4.79 Å². The zero-order chi connectivity index (χ0) is 20.8. The van der Waals surface area contributed by atoms with Crippen LogP contribution in [0.25, 0.3) is 0 Å². The second kappa shape index (κ2) is 9.34. The Labute approximate surface area is 176 Å². The molecule has 148 valence electrons. The normalized spacial score (nSPS) is 11.4. The number of carbonyl (C=O) groups is 1. The zero-order valence-electron chi connectivity index (χ0n) is 16.7. The molecule has 3 rings (SSSR count). The van der Waals surface area contributed by atoms with Crippen molar-refractivity contribution < 1.29 is 9.53 Å². The van der Waals surface area contributed by atoms with Gasteiger partial charge in [0.05, 0.1) is 18.7 Å². The van der Waals surface area contributed by atoms with Gasteiger partial charge in [-0.3, -0.25) is 0 Å². The van der Waals surface area contributed by atoms with E-state index < -0.39 is 0 Å². The van der Waals surface area contributed by atoms with E-state index in [1.54, 1.807) is 12.1 Å². The predicted octanol–water partition coefficient (Wildman–Crippen LogP) is 5.17. The number of aryl methyl sites for hydroxylation is 2. The van der Waals surface area contributed by atoms with Crippen LogP contribution in [-0.2, 0) is 4.74 Å². The second-order valence-corrected chi connectivity index (χ2v) is 7.23. The topological polar surface area (TPSA) is 50.4 Å². The number of esters is 1. The maximum absolute atomic E-state index is 11.8. The van der Waals surface area contributed by atoms with E-state index in [0.717, 1.165) is 22.4 Å². The number of nitrogens with one attached hydrogen (secondary N) is 2. The summed E-state index contributed by atoms with van der Waals surface area (Å²) in [5, 5.41) is 7.14. The van der Waals surface area contributed by atoms with Crippen molar-refractivity contribution in [3.8, 4) is 0 Å². The fourth-order valence-corrected chi connectivity index (χ4v) is 3.42. The third kappa shape index (κ3) is 5.00. The van der Waals surface area contributed by atoms with Crippen molar-refractivity contribution in [2.24, 2.45) is 0 Å². The summed E-state index contributed by atoms with van der Waals surface area (Å²) < 4.78 is 4.81. The first-order valence-corrected chi connectivity index (χ1v) is 9.77. The molecule has 0 heterocycles. The summed E-state index contributed by atoms with van der Waals surface area (Å²) in [6.07, 6.45) is 0. The number of rotatable bonds is 5. The van der Waals surface area contributed by atoms with Crippen molar-refractivity contribution in [1.29, 1.82) is 0 Å². The quantitative estimate of drug-likeness (QED) is 0.454. The van der Waals surface area contributed by atoms with Crippen molar-refractivity contribution in [2.45, 2.75) is 19.9 Å². The Morgan fingerprint density at radius 2 is 1.62 bits per heavy atom. The summed E-state index contributed by atoms with van der Waals surface area (Å²) in [5.41, 5.74) is 5.67. The van der Waals surface area contributed by atoms with E-state index in [2.05, 4.69) is 41.8 Å². The van der Waals surface area contributed by atoms with Gasteiger partial charge in [-0.15, -0.1) is 0 Å². The van der Waals surface area contributed by atoms with Gasteiger partial charge < -0.3 is 15.4 Å². The van der Waals surface area contributed by atoms with E-state index in [4.69, 9.17) is 17.0 Å². The van der Waals surface area contributed by atoms with Crippen LogP contribution in [0.2, 0.25) is 0 Å². The summed E-state index contributed by atoms with van der Waals surface area (Å²) in [5.74, 6) is -0.381. The van der Waals surface area contributed by atoms with E-state index in [1.807, 2.05) is 43.3 Å². The molecule has 0 spiro atoms. The van der Waals surface area contributed by atoms with Gasteiger partial charge in [-0.1, -0.05) is 60.7 Å². The first-order chi connectivity index (χ1) is 14.0. The highest BCUT2D eigenvalue weighted by Crippen LogP contribution is 2.25. The molecular weight excluding hydrogens is 380 g/mol. The van der Waals surface area contributed by atoms with Crippen molar-refractivity contribution >= 4 is 29.0 Å². The lowest BCUT2D eigenvalue weighted by molar-refractivity contribution is 0.0601. The number of methoxy groups -OCH3 is 1. The Kier molecular flexibility index (Phi) is 6.62. The molecule has 0 aliphatic heterocycles. The molecule has 4 nitrogen and oxygen atoms in total. The van der Waals surface area contributed by atoms with Crippen LogP contribution in [0, 0.1) is 13.8 Å². The molecule has 3 aromatic carbocycles. The van der Waals surface area contributed by atoms with Crippen LogP contribution in [0.3, 0.4) is 0 Å². The first kappa shape index (κ1) is 20.6. The minimum absolute atomic E-state index is 0.0958. The third-order valence-corrected chi connectivity index (χ3v) is 5.03. The summed E-state index contributed by atoms with van der Waals surface area (Å²) >= 11 is 5.61. The molecule has 0 aromatic heterocycles. The average Bonchev–Trinajstić information content (AvgIpc) is 2.74. The Bertz CT molecular complexity index is 1020. The summed E-state index contributed by atoms with van der Waals surface area (Å²) in [4.78, 5) is 11.8. The van der Waals surface area contributed by atoms with Gasteiger partial charge in [0.2, 0.25) is 0 Å². The number of benzene rings is 3. The smallest absolute Gasteiger partial charge is 0.337 e. The molecule has 3 aromatic rings. The van der Waals surface area contributed by atoms with Crippen LogP contribution in [0.4, 0.5) is 5.69 Å². The van der Waals surface area contributed by atoms with Gasteiger partial charge in [0.25, 0.3) is 0 Å². The maximum atomic E-state index is 11.8. The lowest BCUT2D eigenvalue weighted by Gasteiger charge is -2.24. The van der Waals surface area contributed by atoms with Crippen molar-refractivity contribution in [1.82, 2.24) is 5.32 Å². The lowest BCUT2D eigenvalue weighted by atomic mass is 9.95. The van der Waals surface area contributed by atoms with E-state index in [-0.39, 0.29) is 12.0 Å². The monoisotopic (exact) mass is 404 g/mol. The molecule has 0 saturated heterocycles. The second-order valence-electron chi connectivity index (χ2n) is 6.82. The Balaban J connectivity index is 1.87. The fourth-order valence-electron chi connectivity index (χ4n) is 3.19. The van der Waals surface area contributed by atoms with Crippen molar-refractivity contribution in [3.63, 3.8) is 0 Å². The van der Waals surface area contributed by atoms with Gasteiger partial charge in [-0.05, 0) is 60.5 Å². The van der Waals surface area contributed by atoms with Gasteiger partial charge in [0, 0.05) is 5.69 Å². The van der Waals surface area contributed by atoms with Gasteiger partial charge >= 0.3 is 5.97 Å². The molecule has 0 amide bonds. The number of anilines is 1. The molecule has 0 saturated carbocycles. The van der Waals surface area contributed by atoms with Crippen LogP contribution >= 0.6 is 12.2 Å². The molecule has 0 aliphatic rings. The van der Waals surface area contributed by atoms with Crippen LogP contribution in [0.5, 0.6) is 0 Å². The fraction of sp³-hybridized carbons (Fsp3) is 0.167. The van der Waals surface area contributed by atoms with Gasteiger partial charge in [0.1, 0.15) is 0 Å². The third-order valence-electron chi connectivity index (χ3n) is 4.81. The van der Waals surface area contributed by atoms with Crippen LogP contribution in [0.15, 0.2) is 72.8 Å². The van der Waals surface area contributed by atoms with Crippen LogP contribution in [0.1, 0.15) is 38.7 Å². The summed E-state index contributed by atoms with van der Waals surface area (Å²) in [6, 6.07) is 23.7. The molecule has 0 aliphatic carbocycles. The minimum atomic E-state index is -0.381. The molecule has 0 unspecified atom stereocenters. The Hall–Kier alpha value is -3.18. The van der Waals surface area contributed by atoms with E-state index >= 15 is 0 Å². The predicted molar refractivity (Wildman–Crippen MR) is 121 cm³/mol. The molecule has 29 heavy (non-hydrogen) atoms. The minimum Gasteiger partial charge on any atom is -0.465 e.